The van der Waals surface area contributed by atoms with Crippen molar-refractivity contribution in [2.75, 3.05) is 25.5 Å². The van der Waals surface area contributed by atoms with Crippen molar-refractivity contribution in [1.82, 2.24) is 24.9 Å². The summed E-state index contributed by atoms with van der Waals surface area (Å²) in [6, 6.07) is 9.06. The molecule has 0 radical (unpaired) electrons. The third kappa shape index (κ3) is 4.32. The first-order chi connectivity index (χ1) is 14.1. The minimum atomic E-state index is -0.0597. The summed E-state index contributed by atoms with van der Waals surface area (Å²) in [5, 5.41) is 12.3. The Balaban J connectivity index is 1.54. The number of rotatable bonds is 5. The number of piperidine rings is 1. The van der Waals surface area contributed by atoms with Gasteiger partial charge in [-0.05, 0) is 37.1 Å². The van der Waals surface area contributed by atoms with Gasteiger partial charge in [-0.2, -0.15) is 15.0 Å². The third-order valence-electron chi connectivity index (χ3n) is 4.86. The summed E-state index contributed by atoms with van der Waals surface area (Å²) in [4.78, 5) is 20.9. The Hall–Kier alpha value is -3.13. The molecule has 3 aromatic rings. The molecule has 29 heavy (non-hydrogen) atoms. The first-order valence-corrected chi connectivity index (χ1v) is 9.74. The van der Waals surface area contributed by atoms with Crippen molar-refractivity contribution in [2.45, 2.75) is 18.9 Å². The summed E-state index contributed by atoms with van der Waals surface area (Å²) in [5.41, 5.74) is 1.13. The number of carbonyl (C=O) groups excluding carboxylic acids is 1. The maximum absolute atomic E-state index is 13.3. The van der Waals surface area contributed by atoms with Gasteiger partial charge in [-0.25, -0.2) is 4.98 Å². The van der Waals surface area contributed by atoms with Crippen LogP contribution in [0.2, 0.25) is 5.02 Å². The Morgan fingerprint density at radius 2 is 2.07 bits per heavy atom. The van der Waals surface area contributed by atoms with Crippen LogP contribution in [-0.2, 0) is 0 Å². The predicted octanol–water partition coefficient (Wildman–Crippen LogP) is 3.04. The number of anilines is 1. The molecule has 0 bridgehead atoms. The van der Waals surface area contributed by atoms with E-state index in [1.807, 2.05) is 11.0 Å². The third-order valence-corrected chi connectivity index (χ3v) is 5.08. The van der Waals surface area contributed by atoms with Crippen LogP contribution in [0.15, 0.2) is 48.9 Å². The van der Waals surface area contributed by atoms with E-state index in [9.17, 15) is 4.79 Å². The molecule has 1 fully saturated rings. The highest BCUT2D eigenvalue weighted by molar-refractivity contribution is 6.30. The van der Waals surface area contributed by atoms with Gasteiger partial charge >= 0.3 is 0 Å². The van der Waals surface area contributed by atoms with E-state index in [0.717, 1.165) is 18.7 Å². The number of aromatic nitrogens is 4. The van der Waals surface area contributed by atoms with Crippen LogP contribution in [0.4, 0.5) is 5.82 Å². The van der Waals surface area contributed by atoms with Crippen LogP contribution in [0.3, 0.4) is 0 Å². The molecule has 1 saturated heterocycles. The van der Waals surface area contributed by atoms with E-state index >= 15 is 0 Å². The van der Waals surface area contributed by atoms with Crippen LogP contribution in [-0.4, -0.2) is 57.0 Å². The molecule has 2 aromatic heterocycles. The zero-order valence-electron chi connectivity index (χ0n) is 16.0. The van der Waals surface area contributed by atoms with Gasteiger partial charge in [-0.15, -0.1) is 0 Å². The molecular weight excluding hydrogens is 392 g/mol. The zero-order valence-corrected chi connectivity index (χ0v) is 16.7. The van der Waals surface area contributed by atoms with E-state index in [-0.39, 0.29) is 11.9 Å². The summed E-state index contributed by atoms with van der Waals surface area (Å²) in [7, 11) is 1.59. The SMILES string of the molecule is COc1ccc(C(=O)N2CCCC(Nc3ccc(Cl)cn3)C2)c(-n2nccn2)c1. The van der Waals surface area contributed by atoms with E-state index in [1.54, 1.807) is 50.0 Å². The van der Waals surface area contributed by atoms with E-state index in [2.05, 4.69) is 20.5 Å². The fraction of sp³-hybridized carbons (Fsp3) is 0.300. The summed E-state index contributed by atoms with van der Waals surface area (Å²) >= 11 is 5.90. The number of hydrogen-bond donors (Lipinski definition) is 1. The Morgan fingerprint density at radius 1 is 1.24 bits per heavy atom. The second kappa shape index (κ2) is 8.48. The highest BCUT2D eigenvalue weighted by atomic mass is 35.5. The monoisotopic (exact) mass is 412 g/mol. The lowest BCUT2D eigenvalue weighted by Crippen LogP contribution is -2.45. The van der Waals surface area contributed by atoms with Crippen LogP contribution in [0.5, 0.6) is 5.75 Å². The number of halogens is 1. The van der Waals surface area contributed by atoms with Gasteiger partial charge in [0.2, 0.25) is 0 Å². The molecule has 0 spiro atoms. The molecule has 0 saturated carbocycles. The van der Waals surface area contributed by atoms with Gasteiger partial charge in [-0.3, -0.25) is 4.79 Å². The Labute approximate surface area is 173 Å². The lowest BCUT2D eigenvalue weighted by atomic mass is 10.0. The fourth-order valence-electron chi connectivity index (χ4n) is 3.44. The fourth-order valence-corrected chi connectivity index (χ4v) is 3.56. The average Bonchev–Trinajstić information content (AvgIpc) is 3.29. The molecule has 150 valence electrons. The standard InChI is InChI=1S/C20H21ClN6O2/c1-29-16-5-6-17(18(11-16)27-23-8-9-24-27)20(28)26-10-2-3-15(13-26)25-19-7-4-14(21)12-22-19/h4-9,11-12,15H,2-3,10,13H2,1H3,(H,22,25). The van der Waals surface area contributed by atoms with Crippen molar-refractivity contribution < 1.29 is 9.53 Å². The Morgan fingerprint density at radius 3 is 2.79 bits per heavy atom. The smallest absolute Gasteiger partial charge is 0.256 e. The molecule has 0 aliphatic carbocycles. The number of ether oxygens (including phenoxy) is 1. The van der Waals surface area contributed by atoms with Crippen LogP contribution in [0.25, 0.3) is 5.69 Å². The van der Waals surface area contributed by atoms with Crippen LogP contribution >= 0.6 is 11.6 Å². The molecule has 1 atom stereocenters. The van der Waals surface area contributed by atoms with E-state index < -0.39 is 0 Å². The van der Waals surface area contributed by atoms with Crippen molar-refractivity contribution >= 4 is 23.3 Å². The van der Waals surface area contributed by atoms with Crippen LogP contribution in [0.1, 0.15) is 23.2 Å². The second-order valence-corrected chi connectivity index (χ2v) is 7.23. The number of likely N-dealkylation sites (tertiary alicyclic amines) is 1. The molecule has 9 heteroatoms. The van der Waals surface area contributed by atoms with Gasteiger partial charge in [0, 0.05) is 31.4 Å². The summed E-state index contributed by atoms with van der Waals surface area (Å²) in [6.07, 6.45) is 6.63. The molecule has 1 aliphatic heterocycles. The topological polar surface area (TPSA) is 85.2 Å². The van der Waals surface area contributed by atoms with Gasteiger partial charge in [-0.1, -0.05) is 11.6 Å². The Kier molecular flexibility index (Phi) is 5.62. The van der Waals surface area contributed by atoms with Crippen molar-refractivity contribution in [3.05, 3.63) is 59.5 Å². The molecule has 1 aromatic carbocycles. The number of methoxy groups -OCH3 is 1. The minimum absolute atomic E-state index is 0.0597. The van der Waals surface area contributed by atoms with Gasteiger partial charge < -0.3 is 15.0 Å². The van der Waals surface area contributed by atoms with Gasteiger partial charge in [0.05, 0.1) is 30.1 Å². The van der Waals surface area contributed by atoms with Crippen molar-refractivity contribution in [1.29, 1.82) is 0 Å². The number of hydrogen-bond acceptors (Lipinski definition) is 6. The highest BCUT2D eigenvalue weighted by Gasteiger charge is 2.27. The summed E-state index contributed by atoms with van der Waals surface area (Å²) < 4.78 is 5.30. The first-order valence-electron chi connectivity index (χ1n) is 9.36. The molecule has 8 nitrogen and oxygen atoms in total. The number of benzene rings is 1. The van der Waals surface area contributed by atoms with E-state index in [0.29, 0.717) is 35.1 Å². The number of amides is 1. The largest absolute Gasteiger partial charge is 0.497 e. The van der Waals surface area contributed by atoms with Gasteiger partial charge in [0.15, 0.2) is 0 Å². The van der Waals surface area contributed by atoms with Crippen LogP contribution in [0, 0.1) is 0 Å². The van der Waals surface area contributed by atoms with E-state index in [4.69, 9.17) is 16.3 Å². The summed E-state index contributed by atoms with van der Waals surface area (Å²) in [6.45, 7) is 1.28. The molecule has 1 N–H and O–H groups in total. The zero-order chi connectivity index (χ0) is 20.2. The van der Waals surface area contributed by atoms with Gasteiger partial charge in [0.25, 0.3) is 5.91 Å². The van der Waals surface area contributed by atoms with Crippen molar-refractivity contribution in [3.63, 3.8) is 0 Å². The van der Waals surface area contributed by atoms with Crippen molar-refractivity contribution in [3.8, 4) is 11.4 Å². The molecule has 3 heterocycles. The van der Waals surface area contributed by atoms with Crippen molar-refractivity contribution in [2.24, 2.45) is 0 Å². The van der Waals surface area contributed by atoms with E-state index in [1.165, 1.54) is 4.80 Å². The highest BCUT2D eigenvalue weighted by Crippen LogP contribution is 2.24. The van der Waals surface area contributed by atoms with Crippen LogP contribution < -0.4 is 10.1 Å². The number of nitrogens with one attached hydrogen (secondary N) is 1. The summed E-state index contributed by atoms with van der Waals surface area (Å²) in [5.74, 6) is 1.33. The quantitative estimate of drug-likeness (QED) is 0.693. The lowest BCUT2D eigenvalue weighted by molar-refractivity contribution is 0.0714. The maximum Gasteiger partial charge on any atom is 0.256 e. The lowest BCUT2D eigenvalue weighted by Gasteiger charge is -2.33. The number of carbonyl (C=O) groups is 1. The molecular formula is C20H21ClN6O2. The average molecular weight is 413 g/mol. The predicted molar refractivity (Wildman–Crippen MR) is 110 cm³/mol. The molecule has 1 amide bonds. The van der Waals surface area contributed by atoms with Gasteiger partial charge in [0.1, 0.15) is 17.3 Å². The normalized spacial score (nSPS) is 16.5. The maximum atomic E-state index is 13.3. The number of pyridine rings is 1. The minimum Gasteiger partial charge on any atom is -0.497 e. The first kappa shape index (κ1) is 19.2. The molecule has 4 rings (SSSR count). The molecule has 1 aliphatic rings. The Bertz CT molecular complexity index is 977. The number of nitrogens with zero attached hydrogens (tertiary/aromatic N) is 5. The second-order valence-electron chi connectivity index (χ2n) is 6.80. The molecule has 1 unspecified atom stereocenters.